The van der Waals surface area contributed by atoms with Gasteiger partial charge in [-0.1, -0.05) is 52.0 Å². The number of carbonyl (C=O) groups is 1. The Balaban J connectivity index is 1.68. The van der Waals surface area contributed by atoms with Crippen LogP contribution in [0.3, 0.4) is 0 Å². The van der Waals surface area contributed by atoms with E-state index in [1.807, 2.05) is 17.0 Å². The Morgan fingerprint density at radius 1 is 1.00 bits per heavy atom. The number of piperidine rings is 1. The lowest BCUT2D eigenvalue weighted by Crippen LogP contribution is -2.54. The van der Waals surface area contributed by atoms with Gasteiger partial charge in [0.15, 0.2) is 0 Å². The minimum atomic E-state index is -0.404. The summed E-state index contributed by atoms with van der Waals surface area (Å²) in [5.41, 5.74) is 9.90. The van der Waals surface area contributed by atoms with Crippen LogP contribution in [-0.2, 0) is 17.6 Å². The molecule has 0 saturated carbocycles. The van der Waals surface area contributed by atoms with E-state index in [9.17, 15) is 9.18 Å². The molecule has 1 amide bonds. The molecule has 0 spiro atoms. The Labute approximate surface area is 211 Å². The molecule has 2 unspecified atom stereocenters. The van der Waals surface area contributed by atoms with Gasteiger partial charge in [0.25, 0.3) is 0 Å². The Kier molecular flexibility index (Phi) is 10.1. The summed E-state index contributed by atoms with van der Waals surface area (Å²) in [6, 6.07) is 15.6. The first-order valence-corrected chi connectivity index (χ1v) is 13.4. The van der Waals surface area contributed by atoms with Crippen molar-refractivity contribution >= 4 is 11.6 Å². The number of halogens is 1. The molecule has 2 N–H and O–H groups in total. The number of carbonyl (C=O) groups excluding carboxylic acids is 1. The van der Waals surface area contributed by atoms with Crippen LogP contribution in [0.4, 0.5) is 10.1 Å². The maximum atomic E-state index is 13.2. The van der Waals surface area contributed by atoms with Gasteiger partial charge < -0.3 is 15.5 Å². The lowest BCUT2D eigenvalue weighted by atomic mass is 9.98. The Hall–Kier alpha value is -2.40. The molecule has 1 fully saturated rings. The summed E-state index contributed by atoms with van der Waals surface area (Å²) >= 11 is 0. The second-order valence-corrected chi connectivity index (χ2v) is 11.0. The van der Waals surface area contributed by atoms with Crippen LogP contribution in [0.5, 0.6) is 0 Å². The SMILES string of the molecule is CC(C)CCN(c1ccc(CCc2ccc(F)cc2)cc1)C1CCCN(C(=O)C(N)CC(C)C)C1. The van der Waals surface area contributed by atoms with Gasteiger partial charge in [0.1, 0.15) is 5.82 Å². The molecule has 1 heterocycles. The number of hydrogen-bond donors (Lipinski definition) is 1. The molecular formula is C30H44FN3O. The van der Waals surface area contributed by atoms with E-state index in [0.29, 0.717) is 17.9 Å². The summed E-state index contributed by atoms with van der Waals surface area (Å²) in [4.78, 5) is 17.5. The first-order chi connectivity index (χ1) is 16.7. The molecule has 192 valence electrons. The molecule has 0 aromatic heterocycles. The van der Waals surface area contributed by atoms with Gasteiger partial charge in [0, 0.05) is 31.4 Å². The van der Waals surface area contributed by atoms with Crippen LogP contribution in [-0.4, -0.2) is 42.5 Å². The second kappa shape index (κ2) is 13.1. The predicted molar refractivity (Wildman–Crippen MR) is 144 cm³/mol. The van der Waals surface area contributed by atoms with Gasteiger partial charge >= 0.3 is 0 Å². The van der Waals surface area contributed by atoms with Gasteiger partial charge in [0.2, 0.25) is 5.91 Å². The highest BCUT2D eigenvalue weighted by molar-refractivity contribution is 5.81. The Morgan fingerprint density at radius 2 is 1.60 bits per heavy atom. The van der Waals surface area contributed by atoms with E-state index in [1.54, 1.807) is 0 Å². The van der Waals surface area contributed by atoms with Crippen LogP contribution in [0.25, 0.3) is 0 Å². The summed E-state index contributed by atoms with van der Waals surface area (Å²) < 4.78 is 13.2. The maximum Gasteiger partial charge on any atom is 0.239 e. The minimum absolute atomic E-state index is 0.100. The van der Waals surface area contributed by atoms with Crippen molar-refractivity contribution in [2.45, 2.75) is 78.3 Å². The Morgan fingerprint density at radius 3 is 2.17 bits per heavy atom. The van der Waals surface area contributed by atoms with E-state index in [2.05, 4.69) is 56.9 Å². The third-order valence-corrected chi connectivity index (χ3v) is 7.02. The van der Waals surface area contributed by atoms with Gasteiger partial charge in [-0.15, -0.1) is 0 Å². The number of nitrogens with two attached hydrogens (primary N) is 1. The minimum Gasteiger partial charge on any atom is -0.367 e. The number of amides is 1. The standard InChI is InChI=1S/C30H44FN3O/c1-22(2)17-19-34(28-6-5-18-33(21-28)30(35)29(32)20-23(3)4)27-15-11-25(12-16-27)8-7-24-9-13-26(31)14-10-24/h9-16,22-23,28-29H,5-8,17-21,32H2,1-4H3. The lowest BCUT2D eigenvalue weighted by molar-refractivity contribution is -0.134. The van der Waals surface area contributed by atoms with Crippen molar-refractivity contribution in [1.82, 2.24) is 4.90 Å². The van der Waals surface area contributed by atoms with Crippen molar-refractivity contribution in [2.24, 2.45) is 17.6 Å². The van der Waals surface area contributed by atoms with Gasteiger partial charge in [-0.2, -0.15) is 0 Å². The molecular weight excluding hydrogens is 437 g/mol. The number of aryl methyl sites for hydroxylation is 2. The number of rotatable bonds is 11. The topological polar surface area (TPSA) is 49.6 Å². The molecule has 1 aliphatic rings. The maximum absolute atomic E-state index is 13.2. The van der Waals surface area contributed by atoms with Crippen LogP contribution in [0.1, 0.15) is 64.5 Å². The van der Waals surface area contributed by atoms with Crippen molar-refractivity contribution in [3.05, 3.63) is 65.5 Å². The van der Waals surface area contributed by atoms with Crippen molar-refractivity contribution < 1.29 is 9.18 Å². The lowest BCUT2D eigenvalue weighted by Gasteiger charge is -2.41. The van der Waals surface area contributed by atoms with E-state index in [1.165, 1.54) is 23.4 Å². The summed E-state index contributed by atoms with van der Waals surface area (Å²) in [6.45, 7) is 11.3. The first-order valence-electron chi connectivity index (χ1n) is 13.4. The third kappa shape index (κ3) is 8.34. The highest BCUT2D eigenvalue weighted by atomic mass is 19.1. The van der Waals surface area contributed by atoms with Crippen LogP contribution in [0, 0.1) is 17.7 Å². The average Bonchev–Trinajstić information content (AvgIpc) is 2.83. The summed E-state index contributed by atoms with van der Waals surface area (Å²) in [5.74, 6) is 0.944. The highest BCUT2D eigenvalue weighted by Gasteiger charge is 2.30. The molecule has 3 rings (SSSR count). The molecule has 1 aliphatic heterocycles. The summed E-state index contributed by atoms with van der Waals surface area (Å²) in [7, 11) is 0. The molecule has 2 atom stereocenters. The largest absolute Gasteiger partial charge is 0.367 e. The molecule has 1 saturated heterocycles. The zero-order valence-corrected chi connectivity index (χ0v) is 22.1. The van der Waals surface area contributed by atoms with Crippen molar-refractivity contribution in [3.8, 4) is 0 Å². The Bertz CT molecular complexity index is 910. The molecule has 5 heteroatoms. The molecule has 2 aromatic carbocycles. The first kappa shape index (κ1) is 27.2. The molecule has 4 nitrogen and oxygen atoms in total. The zero-order valence-electron chi connectivity index (χ0n) is 22.1. The number of hydrogen-bond acceptors (Lipinski definition) is 3. The van der Waals surface area contributed by atoms with Crippen molar-refractivity contribution in [2.75, 3.05) is 24.5 Å². The molecule has 0 bridgehead atoms. The number of anilines is 1. The van der Waals surface area contributed by atoms with Gasteiger partial charge in [-0.3, -0.25) is 4.79 Å². The van der Waals surface area contributed by atoms with E-state index in [0.717, 1.165) is 63.7 Å². The fourth-order valence-electron chi connectivity index (χ4n) is 4.97. The molecule has 2 aromatic rings. The van der Waals surface area contributed by atoms with Crippen LogP contribution < -0.4 is 10.6 Å². The quantitative estimate of drug-likeness (QED) is 0.439. The average molecular weight is 482 g/mol. The van der Waals surface area contributed by atoms with E-state index in [-0.39, 0.29) is 11.7 Å². The molecule has 35 heavy (non-hydrogen) atoms. The van der Waals surface area contributed by atoms with Crippen LogP contribution in [0.15, 0.2) is 48.5 Å². The fraction of sp³-hybridized carbons (Fsp3) is 0.567. The molecule has 0 aliphatic carbocycles. The van der Waals surface area contributed by atoms with E-state index in [4.69, 9.17) is 5.73 Å². The van der Waals surface area contributed by atoms with Crippen molar-refractivity contribution in [3.63, 3.8) is 0 Å². The second-order valence-electron chi connectivity index (χ2n) is 11.0. The predicted octanol–water partition coefficient (Wildman–Crippen LogP) is 5.83. The highest BCUT2D eigenvalue weighted by Crippen LogP contribution is 2.26. The van der Waals surface area contributed by atoms with E-state index >= 15 is 0 Å². The number of likely N-dealkylation sites (tertiary alicyclic amines) is 1. The normalized spacial score (nSPS) is 17.1. The van der Waals surface area contributed by atoms with E-state index < -0.39 is 6.04 Å². The van der Waals surface area contributed by atoms with Crippen LogP contribution in [0.2, 0.25) is 0 Å². The molecule has 0 radical (unpaired) electrons. The third-order valence-electron chi connectivity index (χ3n) is 7.02. The zero-order chi connectivity index (χ0) is 25.4. The fourth-order valence-corrected chi connectivity index (χ4v) is 4.97. The monoisotopic (exact) mass is 481 g/mol. The van der Waals surface area contributed by atoms with Gasteiger partial charge in [0.05, 0.1) is 6.04 Å². The van der Waals surface area contributed by atoms with Crippen molar-refractivity contribution in [1.29, 1.82) is 0 Å². The van der Waals surface area contributed by atoms with Gasteiger partial charge in [-0.05, 0) is 85.8 Å². The van der Waals surface area contributed by atoms with Crippen LogP contribution >= 0.6 is 0 Å². The number of benzene rings is 2. The smallest absolute Gasteiger partial charge is 0.239 e. The number of nitrogens with zero attached hydrogens (tertiary/aromatic N) is 2. The van der Waals surface area contributed by atoms with Gasteiger partial charge in [-0.25, -0.2) is 4.39 Å². The summed E-state index contributed by atoms with van der Waals surface area (Å²) in [6.07, 6.45) is 5.77. The summed E-state index contributed by atoms with van der Waals surface area (Å²) in [5, 5.41) is 0.